The van der Waals surface area contributed by atoms with Gasteiger partial charge < -0.3 is 19.5 Å². The highest BCUT2D eigenvalue weighted by atomic mass is 16.5. The van der Waals surface area contributed by atoms with Gasteiger partial charge in [-0.25, -0.2) is 0 Å². The number of hydrogen-bond donors (Lipinski definition) is 1. The Morgan fingerprint density at radius 1 is 1.30 bits per heavy atom. The minimum absolute atomic E-state index is 0.0605. The van der Waals surface area contributed by atoms with E-state index in [0.29, 0.717) is 23.6 Å². The van der Waals surface area contributed by atoms with Crippen LogP contribution < -0.4 is 10.1 Å². The molecule has 6 heteroatoms. The first-order valence-electron chi connectivity index (χ1n) is 7.45. The van der Waals surface area contributed by atoms with E-state index < -0.39 is 0 Å². The van der Waals surface area contributed by atoms with Crippen LogP contribution in [0.4, 0.5) is 0 Å². The van der Waals surface area contributed by atoms with Gasteiger partial charge >= 0.3 is 0 Å². The van der Waals surface area contributed by atoms with Gasteiger partial charge in [0.2, 0.25) is 0 Å². The zero-order valence-electron chi connectivity index (χ0n) is 14.2. The molecule has 1 aromatic carbocycles. The zero-order chi connectivity index (χ0) is 17.0. The van der Waals surface area contributed by atoms with E-state index in [-0.39, 0.29) is 11.9 Å². The normalized spacial score (nSPS) is 12.3. The van der Waals surface area contributed by atoms with Gasteiger partial charge in [-0.3, -0.25) is 4.79 Å². The second-order valence-corrected chi connectivity index (χ2v) is 5.66. The van der Waals surface area contributed by atoms with Crippen molar-refractivity contribution in [1.82, 2.24) is 15.4 Å². The molecule has 1 heterocycles. The van der Waals surface area contributed by atoms with Gasteiger partial charge in [0.25, 0.3) is 5.91 Å². The predicted molar refractivity (Wildman–Crippen MR) is 87.7 cm³/mol. The molecule has 1 atom stereocenters. The van der Waals surface area contributed by atoms with E-state index in [0.717, 1.165) is 11.3 Å². The number of aromatic nitrogens is 1. The maximum absolute atomic E-state index is 12.4. The summed E-state index contributed by atoms with van der Waals surface area (Å²) in [6.07, 6.45) is 0. The number of hydrogen-bond acceptors (Lipinski definition) is 5. The summed E-state index contributed by atoms with van der Waals surface area (Å²) in [5.41, 5.74) is 2.22. The standard InChI is InChI=1S/C17H23N3O3/c1-11-16(12(2)23-19-11)17(21)18-10-15(20(3)4)13-6-8-14(22-5)9-7-13/h6-9,15H,10H2,1-5H3,(H,18,21)/t15-/m0/s1. The lowest BCUT2D eigenvalue weighted by atomic mass is 10.1. The summed E-state index contributed by atoms with van der Waals surface area (Å²) in [5, 5.41) is 6.78. The molecule has 0 aliphatic heterocycles. The van der Waals surface area contributed by atoms with Crippen molar-refractivity contribution in [2.75, 3.05) is 27.7 Å². The maximum Gasteiger partial charge on any atom is 0.256 e. The third kappa shape index (κ3) is 3.90. The van der Waals surface area contributed by atoms with Crippen molar-refractivity contribution in [2.45, 2.75) is 19.9 Å². The molecule has 6 nitrogen and oxygen atoms in total. The SMILES string of the molecule is COc1ccc([C@H](CNC(=O)c2c(C)noc2C)N(C)C)cc1. The lowest BCUT2D eigenvalue weighted by Gasteiger charge is -2.25. The molecule has 23 heavy (non-hydrogen) atoms. The largest absolute Gasteiger partial charge is 0.497 e. The maximum atomic E-state index is 12.4. The number of aryl methyl sites for hydroxylation is 2. The summed E-state index contributed by atoms with van der Waals surface area (Å²) < 4.78 is 10.2. The van der Waals surface area contributed by atoms with Crippen molar-refractivity contribution in [3.63, 3.8) is 0 Å². The number of amides is 1. The number of nitrogens with zero attached hydrogens (tertiary/aromatic N) is 2. The Bertz CT molecular complexity index is 643. The second-order valence-electron chi connectivity index (χ2n) is 5.66. The Morgan fingerprint density at radius 3 is 2.43 bits per heavy atom. The summed E-state index contributed by atoms with van der Waals surface area (Å²) in [7, 11) is 5.61. The Morgan fingerprint density at radius 2 is 1.96 bits per heavy atom. The molecule has 2 aromatic rings. The number of likely N-dealkylation sites (N-methyl/N-ethyl adjacent to an activating group) is 1. The molecule has 2 rings (SSSR count). The van der Waals surface area contributed by atoms with Gasteiger partial charge in [0.1, 0.15) is 17.1 Å². The van der Waals surface area contributed by atoms with Gasteiger partial charge in [0.05, 0.1) is 18.8 Å². The van der Waals surface area contributed by atoms with E-state index in [1.54, 1.807) is 21.0 Å². The number of carbonyl (C=O) groups excluding carboxylic acids is 1. The average Bonchev–Trinajstić information content (AvgIpc) is 2.86. The van der Waals surface area contributed by atoms with Gasteiger partial charge in [-0.1, -0.05) is 17.3 Å². The average molecular weight is 317 g/mol. The van der Waals surface area contributed by atoms with Crippen LogP contribution in [-0.4, -0.2) is 43.7 Å². The van der Waals surface area contributed by atoms with E-state index in [4.69, 9.17) is 9.26 Å². The van der Waals surface area contributed by atoms with Gasteiger partial charge in [0.15, 0.2) is 0 Å². The van der Waals surface area contributed by atoms with Crippen molar-refractivity contribution in [3.8, 4) is 5.75 Å². The van der Waals surface area contributed by atoms with Crippen LogP contribution in [0.1, 0.15) is 33.4 Å². The summed E-state index contributed by atoms with van der Waals surface area (Å²) in [6.45, 7) is 3.99. The molecular weight excluding hydrogens is 294 g/mol. The Hall–Kier alpha value is -2.34. The van der Waals surface area contributed by atoms with Crippen molar-refractivity contribution in [1.29, 1.82) is 0 Å². The molecule has 0 radical (unpaired) electrons. The fourth-order valence-electron chi connectivity index (χ4n) is 2.51. The van der Waals surface area contributed by atoms with E-state index in [1.807, 2.05) is 38.4 Å². The van der Waals surface area contributed by atoms with E-state index in [2.05, 4.69) is 15.4 Å². The van der Waals surface area contributed by atoms with E-state index in [1.165, 1.54) is 0 Å². The molecule has 0 fully saturated rings. The minimum Gasteiger partial charge on any atom is -0.497 e. The number of benzene rings is 1. The first-order valence-corrected chi connectivity index (χ1v) is 7.45. The Kier molecular flexibility index (Phi) is 5.39. The van der Waals surface area contributed by atoms with Gasteiger partial charge in [-0.05, 0) is 45.6 Å². The molecule has 0 spiro atoms. The summed E-state index contributed by atoms with van der Waals surface area (Å²) in [4.78, 5) is 14.4. The predicted octanol–water partition coefficient (Wildman–Crippen LogP) is 2.33. The summed E-state index contributed by atoms with van der Waals surface area (Å²) in [6, 6.07) is 7.91. The van der Waals surface area contributed by atoms with Crippen LogP contribution in [0.2, 0.25) is 0 Å². The third-order valence-electron chi connectivity index (χ3n) is 3.84. The third-order valence-corrected chi connectivity index (χ3v) is 3.84. The van der Waals surface area contributed by atoms with Crippen LogP contribution in [0.3, 0.4) is 0 Å². The van der Waals surface area contributed by atoms with Crippen LogP contribution in [-0.2, 0) is 0 Å². The van der Waals surface area contributed by atoms with E-state index >= 15 is 0 Å². The van der Waals surface area contributed by atoms with Crippen LogP contribution in [0, 0.1) is 13.8 Å². The second kappa shape index (κ2) is 7.28. The number of methoxy groups -OCH3 is 1. The summed E-state index contributed by atoms with van der Waals surface area (Å²) in [5.74, 6) is 1.18. The molecule has 0 aliphatic rings. The van der Waals surface area contributed by atoms with Gasteiger partial charge in [-0.15, -0.1) is 0 Å². The van der Waals surface area contributed by atoms with Crippen LogP contribution >= 0.6 is 0 Å². The summed E-state index contributed by atoms with van der Waals surface area (Å²) >= 11 is 0. The molecule has 1 aromatic heterocycles. The molecule has 0 aliphatic carbocycles. The van der Waals surface area contributed by atoms with Crippen LogP contribution in [0.15, 0.2) is 28.8 Å². The molecule has 0 saturated carbocycles. The highest BCUT2D eigenvalue weighted by Crippen LogP contribution is 2.21. The van der Waals surface area contributed by atoms with Gasteiger partial charge in [-0.2, -0.15) is 0 Å². The van der Waals surface area contributed by atoms with Crippen LogP contribution in [0.25, 0.3) is 0 Å². The molecule has 0 saturated heterocycles. The molecule has 1 N–H and O–H groups in total. The fraction of sp³-hybridized carbons (Fsp3) is 0.412. The first-order chi connectivity index (χ1) is 10.9. The molecular formula is C17H23N3O3. The number of nitrogens with one attached hydrogen (secondary N) is 1. The van der Waals surface area contributed by atoms with Crippen molar-refractivity contribution in [2.24, 2.45) is 0 Å². The highest BCUT2D eigenvalue weighted by molar-refractivity contribution is 5.96. The number of rotatable bonds is 6. The molecule has 0 unspecified atom stereocenters. The monoisotopic (exact) mass is 317 g/mol. The number of ether oxygens (including phenoxy) is 1. The lowest BCUT2D eigenvalue weighted by molar-refractivity contribution is 0.0940. The minimum atomic E-state index is -0.165. The van der Waals surface area contributed by atoms with Gasteiger partial charge in [0, 0.05) is 6.54 Å². The molecule has 0 bridgehead atoms. The van der Waals surface area contributed by atoms with E-state index in [9.17, 15) is 4.79 Å². The molecule has 124 valence electrons. The Labute approximate surface area is 136 Å². The highest BCUT2D eigenvalue weighted by Gasteiger charge is 2.20. The van der Waals surface area contributed by atoms with Crippen LogP contribution in [0.5, 0.6) is 5.75 Å². The smallest absolute Gasteiger partial charge is 0.256 e. The fourth-order valence-corrected chi connectivity index (χ4v) is 2.51. The van der Waals surface area contributed by atoms with Crippen molar-refractivity contribution < 1.29 is 14.1 Å². The quantitative estimate of drug-likeness (QED) is 0.885. The topological polar surface area (TPSA) is 67.6 Å². The van der Waals surface area contributed by atoms with Crippen molar-refractivity contribution >= 4 is 5.91 Å². The first kappa shape index (κ1) is 17.0. The zero-order valence-corrected chi connectivity index (χ0v) is 14.2. The van der Waals surface area contributed by atoms with Crippen molar-refractivity contribution in [3.05, 3.63) is 46.8 Å². The number of carbonyl (C=O) groups is 1. The Balaban J connectivity index is 2.09. The lowest BCUT2D eigenvalue weighted by Crippen LogP contribution is -2.34. The molecule has 1 amide bonds.